The van der Waals surface area contributed by atoms with Crippen LogP contribution < -0.4 is 4.74 Å². The van der Waals surface area contributed by atoms with Gasteiger partial charge in [-0.3, -0.25) is 4.79 Å². The normalized spacial score (nSPS) is 12.0. The van der Waals surface area contributed by atoms with Gasteiger partial charge in [-0.25, -0.2) is 0 Å². The van der Waals surface area contributed by atoms with Crippen molar-refractivity contribution in [1.82, 2.24) is 4.90 Å². The number of benzene rings is 1. The van der Waals surface area contributed by atoms with E-state index in [1.807, 2.05) is 58.2 Å². The van der Waals surface area contributed by atoms with E-state index in [-0.39, 0.29) is 11.9 Å². The summed E-state index contributed by atoms with van der Waals surface area (Å²) in [6.45, 7) is 6.09. The fourth-order valence-electron chi connectivity index (χ4n) is 2.25. The molecule has 112 valence electrons. The van der Waals surface area contributed by atoms with Crippen LogP contribution in [0.2, 0.25) is 0 Å². The third-order valence-electron chi connectivity index (χ3n) is 3.87. The first-order valence-electron chi connectivity index (χ1n) is 6.92. The van der Waals surface area contributed by atoms with Crippen LogP contribution in [-0.4, -0.2) is 25.0 Å². The van der Waals surface area contributed by atoms with Gasteiger partial charge in [0.25, 0.3) is 5.91 Å². The molecule has 0 saturated heterocycles. The minimum Gasteiger partial charge on any atom is -0.496 e. The van der Waals surface area contributed by atoms with Crippen molar-refractivity contribution in [2.45, 2.75) is 26.8 Å². The summed E-state index contributed by atoms with van der Waals surface area (Å²) >= 11 is 1.55. The molecule has 0 N–H and O–H groups in total. The summed E-state index contributed by atoms with van der Waals surface area (Å²) in [7, 11) is 3.49. The summed E-state index contributed by atoms with van der Waals surface area (Å²) in [5.41, 5.74) is 2.18. The van der Waals surface area contributed by atoms with E-state index < -0.39 is 0 Å². The summed E-state index contributed by atoms with van der Waals surface area (Å²) in [6.07, 6.45) is 0. The van der Waals surface area contributed by atoms with Gasteiger partial charge in [0.2, 0.25) is 0 Å². The Kier molecular flexibility index (Phi) is 4.68. The Labute approximate surface area is 130 Å². The highest BCUT2D eigenvalue weighted by Gasteiger charge is 2.22. The highest BCUT2D eigenvalue weighted by molar-refractivity contribution is 7.14. The van der Waals surface area contributed by atoms with Crippen LogP contribution in [0.4, 0.5) is 0 Å². The summed E-state index contributed by atoms with van der Waals surface area (Å²) < 4.78 is 5.39. The second-order valence-electron chi connectivity index (χ2n) is 5.18. The van der Waals surface area contributed by atoms with Gasteiger partial charge >= 0.3 is 0 Å². The SMILES string of the molecule is COc1ccccc1[C@@H](C)N(C)C(=O)c1cc(C)c(C)s1. The molecule has 0 saturated carbocycles. The molecule has 1 aromatic carbocycles. The molecule has 2 aromatic rings. The first-order chi connectivity index (χ1) is 9.95. The molecular weight excluding hydrogens is 282 g/mol. The van der Waals surface area contributed by atoms with E-state index in [1.165, 1.54) is 10.4 Å². The molecule has 1 atom stereocenters. The van der Waals surface area contributed by atoms with E-state index in [9.17, 15) is 4.79 Å². The van der Waals surface area contributed by atoms with Crippen molar-refractivity contribution in [3.05, 3.63) is 51.2 Å². The standard InChI is InChI=1S/C17H21NO2S/c1-11-10-16(21-13(11)3)17(19)18(4)12(2)14-8-6-7-9-15(14)20-5/h6-10,12H,1-5H3/t12-/m1/s1. The topological polar surface area (TPSA) is 29.5 Å². The molecule has 0 aliphatic heterocycles. The van der Waals surface area contributed by atoms with Crippen LogP contribution in [0.3, 0.4) is 0 Å². The molecule has 1 heterocycles. The number of ether oxygens (including phenoxy) is 1. The summed E-state index contributed by atoms with van der Waals surface area (Å²) in [4.78, 5) is 16.4. The Morgan fingerprint density at radius 2 is 1.95 bits per heavy atom. The number of hydrogen-bond donors (Lipinski definition) is 0. The van der Waals surface area contributed by atoms with Gasteiger partial charge in [0.05, 0.1) is 18.0 Å². The average Bonchev–Trinajstić information content (AvgIpc) is 2.84. The maximum Gasteiger partial charge on any atom is 0.264 e. The zero-order valence-corrected chi connectivity index (χ0v) is 14.0. The van der Waals surface area contributed by atoms with Gasteiger partial charge < -0.3 is 9.64 Å². The van der Waals surface area contributed by atoms with E-state index in [0.29, 0.717) is 0 Å². The largest absolute Gasteiger partial charge is 0.496 e. The molecule has 21 heavy (non-hydrogen) atoms. The van der Waals surface area contributed by atoms with Crippen LogP contribution in [0.1, 0.15) is 38.6 Å². The first kappa shape index (κ1) is 15.6. The van der Waals surface area contributed by atoms with E-state index in [2.05, 4.69) is 0 Å². The summed E-state index contributed by atoms with van der Waals surface area (Å²) in [5.74, 6) is 0.859. The van der Waals surface area contributed by atoms with E-state index in [0.717, 1.165) is 16.2 Å². The Bertz CT molecular complexity index is 628. The average molecular weight is 303 g/mol. The lowest BCUT2D eigenvalue weighted by atomic mass is 10.1. The third kappa shape index (κ3) is 3.10. The van der Waals surface area contributed by atoms with Gasteiger partial charge in [-0.05, 0) is 38.5 Å². The maximum absolute atomic E-state index is 12.6. The number of carbonyl (C=O) groups excluding carboxylic acids is 1. The Morgan fingerprint density at radius 1 is 1.29 bits per heavy atom. The lowest BCUT2D eigenvalue weighted by Crippen LogP contribution is -2.29. The van der Waals surface area contributed by atoms with Gasteiger partial charge in [0, 0.05) is 17.5 Å². The van der Waals surface area contributed by atoms with E-state index >= 15 is 0 Å². The van der Waals surface area contributed by atoms with Crippen LogP contribution in [0, 0.1) is 13.8 Å². The molecule has 0 unspecified atom stereocenters. The van der Waals surface area contributed by atoms with Crippen LogP contribution in [-0.2, 0) is 0 Å². The number of methoxy groups -OCH3 is 1. The minimum absolute atomic E-state index is 0.0450. The molecule has 3 nitrogen and oxygen atoms in total. The lowest BCUT2D eigenvalue weighted by Gasteiger charge is -2.26. The second-order valence-corrected chi connectivity index (χ2v) is 6.44. The highest BCUT2D eigenvalue weighted by Crippen LogP contribution is 2.30. The zero-order chi connectivity index (χ0) is 15.6. The van der Waals surface area contributed by atoms with E-state index in [4.69, 9.17) is 4.74 Å². The molecule has 0 radical (unpaired) electrons. The number of para-hydroxylation sites is 1. The lowest BCUT2D eigenvalue weighted by molar-refractivity contribution is 0.0746. The van der Waals surface area contributed by atoms with Gasteiger partial charge in [-0.2, -0.15) is 0 Å². The van der Waals surface area contributed by atoms with Crippen LogP contribution in [0.5, 0.6) is 5.75 Å². The van der Waals surface area contributed by atoms with Crippen molar-refractivity contribution in [2.75, 3.05) is 14.2 Å². The van der Waals surface area contributed by atoms with Gasteiger partial charge in [0.15, 0.2) is 0 Å². The fourth-order valence-corrected chi connectivity index (χ4v) is 3.27. The van der Waals surface area contributed by atoms with Gasteiger partial charge in [-0.15, -0.1) is 11.3 Å². The molecule has 1 aromatic heterocycles. The van der Waals surface area contributed by atoms with Crippen molar-refractivity contribution in [3.8, 4) is 5.75 Å². The quantitative estimate of drug-likeness (QED) is 0.847. The molecule has 0 aliphatic rings. The van der Waals surface area contributed by atoms with E-state index in [1.54, 1.807) is 23.3 Å². The summed E-state index contributed by atoms with van der Waals surface area (Å²) in [6, 6.07) is 9.74. The molecule has 0 aliphatic carbocycles. The van der Waals surface area contributed by atoms with Gasteiger partial charge in [-0.1, -0.05) is 18.2 Å². The highest BCUT2D eigenvalue weighted by atomic mass is 32.1. The summed E-state index contributed by atoms with van der Waals surface area (Å²) in [5, 5.41) is 0. The van der Waals surface area contributed by atoms with Crippen molar-refractivity contribution in [1.29, 1.82) is 0 Å². The fraction of sp³-hybridized carbons (Fsp3) is 0.353. The first-order valence-corrected chi connectivity index (χ1v) is 7.74. The molecule has 2 rings (SSSR count). The van der Waals surface area contributed by atoms with Crippen molar-refractivity contribution in [3.63, 3.8) is 0 Å². The number of hydrogen-bond acceptors (Lipinski definition) is 3. The predicted octanol–water partition coefficient (Wildman–Crippen LogP) is 4.21. The molecule has 4 heteroatoms. The second kappa shape index (κ2) is 6.31. The molecule has 0 fully saturated rings. The Morgan fingerprint density at radius 3 is 2.52 bits per heavy atom. The van der Waals surface area contributed by atoms with Crippen molar-refractivity contribution >= 4 is 17.2 Å². The number of thiophene rings is 1. The smallest absolute Gasteiger partial charge is 0.264 e. The Hall–Kier alpha value is -1.81. The van der Waals surface area contributed by atoms with Crippen molar-refractivity contribution < 1.29 is 9.53 Å². The number of nitrogens with zero attached hydrogens (tertiary/aromatic N) is 1. The van der Waals surface area contributed by atoms with Crippen molar-refractivity contribution in [2.24, 2.45) is 0 Å². The Balaban J connectivity index is 2.26. The third-order valence-corrected chi connectivity index (χ3v) is 5.01. The number of amides is 1. The number of carbonyl (C=O) groups is 1. The minimum atomic E-state index is -0.0450. The number of aryl methyl sites for hydroxylation is 2. The number of rotatable bonds is 4. The zero-order valence-electron chi connectivity index (χ0n) is 13.1. The molecular formula is C17H21NO2S. The van der Waals surface area contributed by atoms with Gasteiger partial charge in [0.1, 0.15) is 5.75 Å². The molecule has 0 bridgehead atoms. The molecule has 1 amide bonds. The van der Waals surface area contributed by atoms with Crippen LogP contribution in [0.15, 0.2) is 30.3 Å². The predicted molar refractivity (Wildman–Crippen MR) is 87.3 cm³/mol. The molecule has 0 spiro atoms. The van der Waals surface area contributed by atoms with Crippen LogP contribution in [0.25, 0.3) is 0 Å². The van der Waals surface area contributed by atoms with Crippen LogP contribution >= 0.6 is 11.3 Å². The maximum atomic E-state index is 12.6. The monoisotopic (exact) mass is 303 g/mol.